The number of carbonyl (C=O) groups excluding carboxylic acids is 1. The normalized spacial score (nSPS) is 13.8. The maximum absolute atomic E-state index is 12.9. The van der Waals surface area contributed by atoms with Crippen LogP contribution in [0.4, 0.5) is 4.39 Å². The molecule has 0 unspecified atom stereocenters. The van der Waals surface area contributed by atoms with Gasteiger partial charge in [0.25, 0.3) is 0 Å². The third kappa shape index (κ3) is 2.79. The zero-order valence-electron chi connectivity index (χ0n) is 11.4. The lowest BCUT2D eigenvalue weighted by atomic mass is 9.89. The van der Waals surface area contributed by atoms with Crippen molar-refractivity contribution in [3.8, 4) is 0 Å². The molecule has 0 aliphatic heterocycles. The van der Waals surface area contributed by atoms with E-state index in [9.17, 15) is 9.18 Å². The Bertz CT molecular complexity index is 628. The highest BCUT2D eigenvalue weighted by molar-refractivity contribution is 5.97. The zero-order chi connectivity index (χ0) is 13.9. The second-order valence-corrected chi connectivity index (χ2v) is 5.42. The van der Waals surface area contributed by atoms with Gasteiger partial charge in [-0.05, 0) is 60.6 Å². The van der Waals surface area contributed by atoms with Crippen molar-refractivity contribution < 1.29 is 9.18 Å². The minimum absolute atomic E-state index is 0.102. The fourth-order valence-electron chi connectivity index (χ4n) is 2.80. The summed E-state index contributed by atoms with van der Waals surface area (Å²) in [6, 6.07) is 12.2. The summed E-state index contributed by atoms with van der Waals surface area (Å²) >= 11 is 0. The van der Waals surface area contributed by atoms with E-state index >= 15 is 0 Å². The molecule has 0 bridgehead atoms. The first-order valence-corrected chi connectivity index (χ1v) is 7.12. The maximum atomic E-state index is 12.9. The standard InChI is InChI=1S/C18H17FO/c19-17-9-5-13(6-10-17)11-18(20)16-8-7-14-3-1-2-4-15(14)12-16/h5-10,12H,1-4,11H2. The van der Waals surface area contributed by atoms with Crippen molar-refractivity contribution in [3.05, 3.63) is 70.5 Å². The van der Waals surface area contributed by atoms with Crippen LogP contribution in [0.25, 0.3) is 0 Å². The monoisotopic (exact) mass is 268 g/mol. The smallest absolute Gasteiger partial charge is 0.167 e. The average Bonchev–Trinajstić information content (AvgIpc) is 2.49. The van der Waals surface area contributed by atoms with Crippen molar-refractivity contribution >= 4 is 5.78 Å². The van der Waals surface area contributed by atoms with Crippen LogP contribution in [0.15, 0.2) is 42.5 Å². The van der Waals surface area contributed by atoms with Crippen molar-refractivity contribution in [1.29, 1.82) is 0 Å². The molecule has 0 saturated heterocycles. The number of hydrogen-bond donors (Lipinski definition) is 0. The van der Waals surface area contributed by atoms with Crippen molar-refractivity contribution in [2.75, 3.05) is 0 Å². The molecule has 1 nitrogen and oxygen atoms in total. The van der Waals surface area contributed by atoms with Gasteiger partial charge in [-0.3, -0.25) is 4.79 Å². The van der Waals surface area contributed by atoms with Gasteiger partial charge in [-0.15, -0.1) is 0 Å². The van der Waals surface area contributed by atoms with E-state index in [2.05, 4.69) is 6.07 Å². The van der Waals surface area contributed by atoms with Gasteiger partial charge in [0.15, 0.2) is 5.78 Å². The average molecular weight is 268 g/mol. The molecule has 1 aliphatic carbocycles. The number of halogens is 1. The number of benzene rings is 2. The summed E-state index contributed by atoms with van der Waals surface area (Å²) in [6.45, 7) is 0. The molecule has 1 aliphatic rings. The lowest BCUT2D eigenvalue weighted by Gasteiger charge is -2.16. The third-order valence-electron chi connectivity index (χ3n) is 3.95. The van der Waals surface area contributed by atoms with Gasteiger partial charge in [0.2, 0.25) is 0 Å². The van der Waals surface area contributed by atoms with E-state index in [1.807, 2.05) is 12.1 Å². The molecule has 0 heterocycles. The van der Waals surface area contributed by atoms with Gasteiger partial charge >= 0.3 is 0 Å². The van der Waals surface area contributed by atoms with Gasteiger partial charge in [-0.1, -0.05) is 24.3 Å². The number of hydrogen-bond acceptors (Lipinski definition) is 1. The predicted octanol–water partition coefficient (Wildman–Crippen LogP) is 4.13. The molecule has 0 aromatic heterocycles. The molecule has 0 saturated carbocycles. The van der Waals surface area contributed by atoms with Crippen molar-refractivity contribution in [3.63, 3.8) is 0 Å². The van der Waals surface area contributed by atoms with Crippen molar-refractivity contribution in [2.24, 2.45) is 0 Å². The molecule has 0 fully saturated rings. The first kappa shape index (κ1) is 13.0. The Labute approximate surface area is 118 Å². The summed E-state index contributed by atoms with van der Waals surface area (Å²) in [5, 5.41) is 0. The molecule has 3 rings (SSSR count). The Kier molecular flexibility index (Phi) is 3.64. The van der Waals surface area contributed by atoms with Crippen LogP contribution in [-0.2, 0) is 19.3 Å². The number of fused-ring (bicyclic) bond motifs is 1. The summed E-state index contributed by atoms with van der Waals surface area (Å²) in [5.41, 5.74) is 4.33. The quantitative estimate of drug-likeness (QED) is 0.765. The molecule has 0 atom stereocenters. The Hall–Kier alpha value is -1.96. The number of aryl methyl sites for hydroxylation is 2. The third-order valence-corrected chi connectivity index (χ3v) is 3.95. The first-order valence-electron chi connectivity index (χ1n) is 7.12. The molecule has 102 valence electrons. The van der Waals surface area contributed by atoms with Crippen LogP contribution in [0.5, 0.6) is 0 Å². The van der Waals surface area contributed by atoms with Gasteiger partial charge in [0.05, 0.1) is 0 Å². The number of rotatable bonds is 3. The molecule has 0 radical (unpaired) electrons. The minimum atomic E-state index is -0.269. The summed E-state index contributed by atoms with van der Waals surface area (Å²) < 4.78 is 12.9. The molecule has 2 aromatic carbocycles. The Morgan fingerprint density at radius 3 is 2.40 bits per heavy atom. The molecule has 2 heteroatoms. The second-order valence-electron chi connectivity index (χ2n) is 5.42. The van der Waals surface area contributed by atoms with E-state index in [0.717, 1.165) is 24.0 Å². The molecule has 0 amide bonds. The van der Waals surface area contributed by atoms with E-state index in [4.69, 9.17) is 0 Å². The largest absolute Gasteiger partial charge is 0.294 e. The predicted molar refractivity (Wildman–Crippen MR) is 77.5 cm³/mol. The van der Waals surface area contributed by atoms with E-state index in [0.29, 0.717) is 6.42 Å². The van der Waals surface area contributed by atoms with Crippen molar-refractivity contribution in [2.45, 2.75) is 32.1 Å². The summed E-state index contributed by atoms with van der Waals surface area (Å²) in [4.78, 5) is 12.3. The fourth-order valence-corrected chi connectivity index (χ4v) is 2.80. The van der Waals surface area contributed by atoms with E-state index in [1.54, 1.807) is 12.1 Å². The van der Waals surface area contributed by atoms with Crippen LogP contribution < -0.4 is 0 Å². The zero-order valence-corrected chi connectivity index (χ0v) is 11.4. The lowest BCUT2D eigenvalue weighted by molar-refractivity contribution is 0.0993. The molecule has 2 aromatic rings. The van der Waals surface area contributed by atoms with Crippen LogP contribution >= 0.6 is 0 Å². The molecule has 20 heavy (non-hydrogen) atoms. The first-order chi connectivity index (χ1) is 9.72. The minimum Gasteiger partial charge on any atom is -0.294 e. The Morgan fingerprint density at radius 1 is 0.950 bits per heavy atom. The van der Waals surface area contributed by atoms with Crippen LogP contribution in [0.3, 0.4) is 0 Å². The highest BCUT2D eigenvalue weighted by Crippen LogP contribution is 2.23. The Morgan fingerprint density at radius 2 is 1.65 bits per heavy atom. The number of carbonyl (C=O) groups is 1. The summed E-state index contributed by atoms with van der Waals surface area (Å²) in [7, 11) is 0. The van der Waals surface area contributed by atoms with Gasteiger partial charge in [0, 0.05) is 12.0 Å². The van der Waals surface area contributed by atoms with Gasteiger partial charge in [-0.2, -0.15) is 0 Å². The Balaban J connectivity index is 1.78. The summed E-state index contributed by atoms with van der Waals surface area (Å²) in [5.74, 6) is -0.167. The van der Waals surface area contributed by atoms with E-state index in [1.165, 1.54) is 36.1 Å². The molecule has 0 spiro atoms. The SMILES string of the molecule is O=C(Cc1ccc(F)cc1)c1ccc2c(c1)CCCC2. The topological polar surface area (TPSA) is 17.1 Å². The maximum Gasteiger partial charge on any atom is 0.167 e. The number of ketones is 1. The highest BCUT2D eigenvalue weighted by Gasteiger charge is 2.13. The lowest BCUT2D eigenvalue weighted by Crippen LogP contribution is -2.08. The fraction of sp³-hybridized carbons (Fsp3) is 0.278. The van der Waals surface area contributed by atoms with Crippen LogP contribution in [0.2, 0.25) is 0 Å². The highest BCUT2D eigenvalue weighted by atomic mass is 19.1. The van der Waals surface area contributed by atoms with Crippen LogP contribution in [-0.4, -0.2) is 5.78 Å². The summed E-state index contributed by atoms with van der Waals surface area (Å²) in [6.07, 6.45) is 4.99. The second kappa shape index (κ2) is 5.58. The van der Waals surface area contributed by atoms with Crippen LogP contribution in [0.1, 0.15) is 39.9 Å². The molecule has 0 N–H and O–H groups in total. The van der Waals surface area contributed by atoms with E-state index in [-0.39, 0.29) is 11.6 Å². The van der Waals surface area contributed by atoms with Crippen molar-refractivity contribution in [1.82, 2.24) is 0 Å². The molecular formula is C18H17FO. The van der Waals surface area contributed by atoms with Crippen LogP contribution in [0, 0.1) is 5.82 Å². The number of Topliss-reactive ketones (excluding diaryl/α,β-unsaturated/α-hetero) is 1. The molecular weight excluding hydrogens is 251 g/mol. The van der Waals surface area contributed by atoms with Gasteiger partial charge in [-0.25, -0.2) is 4.39 Å². The van der Waals surface area contributed by atoms with E-state index < -0.39 is 0 Å². The van der Waals surface area contributed by atoms with Gasteiger partial charge in [0.1, 0.15) is 5.82 Å². The van der Waals surface area contributed by atoms with Gasteiger partial charge < -0.3 is 0 Å².